The normalized spacial score (nSPS) is 16.1. The maximum absolute atomic E-state index is 12.7. The summed E-state index contributed by atoms with van der Waals surface area (Å²) in [7, 11) is 0. The second kappa shape index (κ2) is 5.05. The van der Waals surface area contributed by atoms with Gasteiger partial charge < -0.3 is 9.64 Å². The summed E-state index contributed by atoms with van der Waals surface area (Å²) in [6.07, 6.45) is 0. The lowest BCUT2D eigenvalue weighted by Gasteiger charge is -2.25. The predicted molar refractivity (Wildman–Crippen MR) is 58.1 cm³/mol. The predicted octanol–water partition coefficient (Wildman–Crippen LogP) is 0.867. The zero-order valence-corrected chi connectivity index (χ0v) is 9.19. The van der Waals surface area contributed by atoms with E-state index in [1.165, 1.54) is 29.2 Å². The lowest BCUT2D eigenvalue weighted by Crippen LogP contribution is -2.44. The highest BCUT2D eigenvalue weighted by Gasteiger charge is 2.21. The van der Waals surface area contributed by atoms with Crippen molar-refractivity contribution in [1.82, 2.24) is 4.90 Å². The number of morpholine rings is 1. The van der Waals surface area contributed by atoms with Crippen LogP contribution < -0.4 is 0 Å². The molecule has 17 heavy (non-hydrogen) atoms. The lowest BCUT2D eigenvalue weighted by atomic mass is 10.1. The Hall–Kier alpha value is -1.75. The summed E-state index contributed by atoms with van der Waals surface area (Å²) in [4.78, 5) is 24.7. The largest absolute Gasteiger partial charge is 0.370 e. The van der Waals surface area contributed by atoms with E-state index in [0.29, 0.717) is 18.7 Å². The average Bonchev–Trinajstić information content (AvgIpc) is 2.33. The van der Waals surface area contributed by atoms with Crippen molar-refractivity contribution in [3.8, 4) is 0 Å². The van der Waals surface area contributed by atoms with Gasteiger partial charge in [-0.05, 0) is 24.3 Å². The number of rotatable bonds is 3. The van der Waals surface area contributed by atoms with Crippen LogP contribution in [0.25, 0.3) is 0 Å². The minimum absolute atomic E-state index is 0.0217. The summed E-state index contributed by atoms with van der Waals surface area (Å²) in [5.74, 6) is -0.768. The SMILES string of the molecule is O=C(CN1CCOCC1=O)c1ccc(F)cc1. The van der Waals surface area contributed by atoms with E-state index in [4.69, 9.17) is 4.74 Å². The van der Waals surface area contributed by atoms with Crippen molar-refractivity contribution in [3.05, 3.63) is 35.6 Å². The van der Waals surface area contributed by atoms with Crippen molar-refractivity contribution in [2.45, 2.75) is 0 Å². The van der Waals surface area contributed by atoms with Crippen LogP contribution in [0.3, 0.4) is 0 Å². The maximum atomic E-state index is 12.7. The molecule has 0 saturated carbocycles. The van der Waals surface area contributed by atoms with Gasteiger partial charge in [-0.1, -0.05) is 0 Å². The molecule has 0 unspecified atom stereocenters. The third-order valence-corrected chi connectivity index (χ3v) is 2.58. The summed E-state index contributed by atoms with van der Waals surface area (Å²) in [5.41, 5.74) is 0.408. The summed E-state index contributed by atoms with van der Waals surface area (Å²) in [6, 6.07) is 5.30. The van der Waals surface area contributed by atoms with Crippen LogP contribution in [0, 0.1) is 5.82 Å². The first-order valence-corrected chi connectivity index (χ1v) is 5.31. The smallest absolute Gasteiger partial charge is 0.249 e. The Balaban J connectivity index is 2.01. The average molecular weight is 237 g/mol. The van der Waals surface area contributed by atoms with E-state index < -0.39 is 0 Å². The minimum atomic E-state index is -0.385. The highest BCUT2D eigenvalue weighted by molar-refractivity contribution is 5.99. The van der Waals surface area contributed by atoms with Gasteiger partial charge in [-0.3, -0.25) is 9.59 Å². The standard InChI is InChI=1S/C12H12FNO3/c13-10-3-1-9(2-4-10)11(15)7-14-5-6-17-8-12(14)16/h1-4H,5-8H2. The fourth-order valence-corrected chi connectivity index (χ4v) is 1.62. The number of carbonyl (C=O) groups is 2. The van der Waals surface area contributed by atoms with Crippen LogP contribution >= 0.6 is 0 Å². The van der Waals surface area contributed by atoms with E-state index in [1.807, 2.05) is 0 Å². The molecule has 0 aliphatic carbocycles. The molecule has 2 rings (SSSR count). The molecule has 90 valence electrons. The molecule has 1 aliphatic heterocycles. The third kappa shape index (κ3) is 2.88. The number of hydrogen-bond acceptors (Lipinski definition) is 3. The number of hydrogen-bond donors (Lipinski definition) is 0. The van der Waals surface area contributed by atoms with Crippen LogP contribution in [0.2, 0.25) is 0 Å². The van der Waals surface area contributed by atoms with Gasteiger partial charge in [0, 0.05) is 12.1 Å². The van der Waals surface area contributed by atoms with E-state index in [0.717, 1.165) is 0 Å². The van der Waals surface area contributed by atoms with Crippen LogP contribution in [-0.4, -0.2) is 42.9 Å². The molecule has 0 N–H and O–H groups in total. The number of ketones is 1. The highest BCUT2D eigenvalue weighted by Crippen LogP contribution is 2.06. The van der Waals surface area contributed by atoms with Gasteiger partial charge in [-0.2, -0.15) is 0 Å². The zero-order valence-electron chi connectivity index (χ0n) is 9.19. The first-order valence-electron chi connectivity index (χ1n) is 5.31. The third-order valence-electron chi connectivity index (χ3n) is 2.58. The van der Waals surface area contributed by atoms with E-state index >= 15 is 0 Å². The van der Waals surface area contributed by atoms with Crippen LogP contribution in [-0.2, 0) is 9.53 Å². The quantitative estimate of drug-likeness (QED) is 0.733. The number of amides is 1. The topological polar surface area (TPSA) is 46.6 Å². The first-order chi connectivity index (χ1) is 8.16. The van der Waals surface area contributed by atoms with Crippen molar-refractivity contribution < 1.29 is 18.7 Å². The van der Waals surface area contributed by atoms with E-state index in [1.54, 1.807) is 0 Å². The monoisotopic (exact) mass is 237 g/mol. The first kappa shape index (κ1) is 11.7. The van der Waals surface area contributed by atoms with Crippen molar-refractivity contribution in [1.29, 1.82) is 0 Å². The van der Waals surface area contributed by atoms with Gasteiger partial charge in [0.2, 0.25) is 5.91 Å². The van der Waals surface area contributed by atoms with E-state index in [-0.39, 0.29) is 30.7 Å². The van der Waals surface area contributed by atoms with E-state index in [2.05, 4.69) is 0 Å². The van der Waals surface area contributed by atoms with Gasteiger partial charge in [-0.25, -0.2) is 4.39 Å². The highest BCUT2D eigenvalue weighted by atomic mass is 19.1. The molecule has 1 aromatic carbocycles. The Morgan fingerprint density at radius 2 is 2.06 bits per heavy atom. The molecular formula is C12H12FNO3. The maximum Gasteiger partial charge on any atom is 0.249 e. The van der Waals surface area contributed by atoms with E-state index in [9.17, 15) is 14.0 Å². The molecule has 0 bridgehead atoms. The van der Waals surface area contributed by atoms with Crippen molar-refractivity contribution >= 4 is 11.7 Å². The van der Waals surface area contributed by atoms with Gasteiger partial charge in [0.1, 0.15) is 12.4 Å². The van der Waals surface area contributed by atoms with Crippen molar-refractivity contribution in [2.75, 3.05) is 26.3 Å². The number of nitrogens with zero attached hydrogens (tertiary/aromatic N) is 1. The molecule has 1 aromatic rings. The van der Waals surface area contributed by atoms with Crippen molar-refractivity contribution in [2.24, 2.45) is 0 Å². The number of benzene rings is 1. The summed E-state index contributed by atoms with van der Waals surface area (Å²) in [5, 5.41) is 0. The Morgan fingerprint density at radius 1 is 1.35 bits per heavy atom. The molecule has 0 atom stereocenters. The van der Waals surface area contributed by atoms with Crippen LogP contribution in [0.15, 0.2) is 24.3 Å². The molecule has 0 radical (unpaired) electrons. The summed E-state index contributed by atoms with van der Waals surface area (Å²) in [6.45, 7) is 0.915. The molecule has 4 nitrogen and oxygen atoms in total. The molecular weight excluding hydrogens is 225 g/mol. The van der Waals surface area contributed by atoms with Crippen molar-refractivity contribution in [3.63, 3.8) is 0 Å². The summed E-state index contributed by atoms with van der Waals surface area (Å²) >= 11 is 0. The molecule has 0 spiro atoms. The Bertz CT molecular complexity index is 430. The van der Waals surface area contributed by atoms with Crippen LogP contribution in [0.4, 0.5) is 4.39 Å². The molecule has 5 heteroatoms. The number of ether oxygens (including phenoxy) is 1. The van der Waals surface area contributed by atoms with Gasteiger partial charge in [0.05, 0.1) is 13.2 Å². The van der Waals surface area contributed by atoms with Crippen LogP contribution in [0.5, 0.6) is 0 Å². The van der Waals surface area contributed by atoms with Gasteiger partial charge in [-0.15, -0.1) is 0 Å². The van der Waals surface area contributed by atoms with Gasteiger partial charge in [0.15, 0.2) is 5.78 Å². The summed E-state index contributed by atoms with van der Waals surface area (Å²) < 4.78 is 17.6. The second-order valence-electron chi connectivity index (χ2n) is 3.80. The second-order valence-corrected chi connectivity index (χ2v) is 3.80. The molecule has 0 aromatic heterocycles. The molecule has 1 saturated heterocycles. The fourth-order valence-electron chi connectivity index (χ4n) is 1.62. The Morgan fingerprint density at radius 3 is 2.71 bits per heavy atom. The molecule has 1 aliphatic rings. The Labute approximate surface area is 98.0 Å². The van der Waals surface area contributed by atoms with Gasteiger partial charge in [0.25, 0.3) is 0 Å². The zero-order chi connectivity index (χ0) is 12.3. The molecule has 1 heterocycles. The van der Waals surface area contributed by atoms with Gasteiger partial charge >= 0.3 is 0 Å². The minimum Gasteiger partial charge on any atom is -0.370 e. The Kier molecular flexibility index (Phi) is 3.49. The number of Topliss-reactive ketones (excluding diaryl/α,β-unsaturated/α-hetero) is 1. The fraction of sp³-hybridized carbons (Fsp3) is 0.333. The lowest BCUT2D eigenvalue weighted by molar-refractivity contribution is -0.141. The van der Waals surface area contributed by atoms with Crippen LogP contribution in [0.1, 0.15) is 10.4 Å². The molecule has 1 fully saturated rings. The number of halogens is 1. The molecule has 1 amide bonds. The number of carbonyl (C=O) groups excluding carboxylic acids is 2.